The summed E-state index contributed by atoms with van der Waals surface area (Å²) < 4.78 is 38.6. The highest BCUT2D eigenvalue weighted by Crippen LogP contribution is 2.38. The fourth-order valence-corrected chi connectivity index (χ4v) is 4.36. The average molecular weight is 510 g/mol. The van der Waals surface area contributed by atoms with Gasteiger partial charge in [-0.05, 0) is 60.0 Å². The van der Waals surface area contributed by atoms with E-state index in [4.69, 9.17) is 5.11 Å². The number of nitrogens with zero attached hydrogens (tertiary/aromatic N) is 1. The fourth-order valence-electron chi connectivity index (χ4n) is 3.85. The molecule has 4 rings (SSSR count). The van der Waals surface area contributed by atoms with Crippen molar-refractivity contribution in [1.82, 2.24) is 0 Å². The Kier molecular flexibility index (Phi) is 6.80. The van der Waals surface area contributed by atoms with Crippen LogP contribution in [0.25, 0.3) is 11.3 Å². The quantitative estimate of drug-likeness (QED) is 0.393. The second kappa shape index (κ2) is 9.82. The molecular weight excluding hydrogens is 485 g/mol. The number of halogens is 1. The molecule has 1 heterocycles. The monoisotopic (exact) mass is 509 g/mol. The number of nitrogens with one attached hydrogen (secondary N) is 2. The summed E-state index contributed by atoms with van der Waals surface area (Å²) in [6.45, 7) is 0. The third-order valence-electron chi connectivity index (χ3n) is 5.84. The number of rotatable bonds is 8. The minimum atomic E-state index is -3.42. The number of carboxylic acids is 1. The molecule has 0 aliphatic carbocycles. The Balaban J connectivity index is 1.76. The van der Waals surface area contributed by atoms with E-state index in [0.29, 0.717) is 45.9 Å². The molecule has 0 radical (unpaired) electrons. The molecule has 0 saturated heterocycles. The van der Waals surface area contributed by atoms with Crippen LogP contribution < -0.4 is 14.9 Å². The van der Waals surface area contributed by atoms with Gasteiger partial charge in [-0.3, -0.25) is 13.9 Å². The Labute approximate surface area is 208 Å². The van der Waals surface area contributed by atoms with E-state index < -0.39 is 27.7 Å². The van der Waals surface area contributed by atoms with Crippen molar-refractivity contribution in [3.63, 3.8) is 0 Å². The van der Waals surface area contributed by atoms with Gasteiger partial charge in [-0.15, -0.1) is 0 Å². The van der Waals surface area contributed by atoms with Crippen molar-refractivity contribution in [2.75, 3.05) is 28.2 Å². The summed E-state index contributed by atoms with van der Waals surface area (Å²) in [7, 11) is -1.97. The first kappa shape index (κ1) is 24.9. The highest BCUT2D eigenvalue weighted by molar-refractivity contribution is 7.92. The topological polar surface area (TPSA) is 116 Å². The molecule has 0 saturated carbocycles. The van der Waals surface area contributed by atoms with E-state index in [1.54, 1.807) is 48.5 Å². The van der Waals surface area contributed by atoms with E-state index in [-0.39, 0.29) is 6.42 Å². The standard InChI is InChI=1S/C26H24FN3O5S/c1-30(36(2,34)35)20-11-9-19(10-12-20)28-25(17-6-3-16(4-7-17)5-14-23(31)32)24-21-13-8-18(27)15-22(21)29-26(24)33/h3-4,6-13,15,28H,5,14H2,1-2H3,(H,29,33)(H,31,32)/b25-24-. The van der Waals surface area contributed by atoms with Crippen molar-refractivity contribution in [2.24, 2.45) is 0 Å². The van der Waals surface area contributed by atoms with E-state index >= 15 is 0 Å². The van der Waals surface area contributed by atoms with E-state index in [1.807, 2.05) is 0 Å². The number of benzene rings is 3. The number of carboxylic acid groups (broad SMARTS) is 1. The molecule has 1 aliphatic heterocycles. The lowest BCUT2D eigenvalue weighted by molar-refractivity contribution is -0.137. The smallest absolute Gasteiger partial charge is 0.303 e. The van der Waals surface area contributed by atoms with Crippen LogP contribution in [0, 0.1) is 5.82 Å². The Hall–Kier alpha value is -4.18. The van der Waals surface area contributed by atoms with Gasteiger partial charge in [-0.1, -0.05) is 24.3 Å². The zero-order chi connectivity index (χ0) is 26.0. The number of sulfonamides is 1. The van der Waals surface area contributed by atoms with E-state index in [2.05, 4.69) is 10.6 Å². The molecule has 0 unspecified atom stereocenters. The normalized spacial score (nSPS) is 14.1. The van der Waals surface area contributed by atoms with Gasteiger partial charge in [0, 0.05) is 24.7 Å². The molecule has 0 atom stereocenters. The molecule has 1 amide bonds. The number of aryl methyl sites for hydroxylation is 1. The number of fused-ring (bicyclic) bond motifs is 1. The maximum atomic E-state index is 13.8. The van der Waals surface area contributed by atoms with Crippen LogP contribution in [-0.2, 0) is 26.0 Å². The van der Waals surface area contributed by atoms with Crippen LogP contribution >= 0.6 is 0 Å². The van der Waals surface area contributed by atoms with Crippen LogP contribution in [-0.4, -0.2) is 38.7 Å². The van der Waals surface area contributed by atoms with Crippen molar-refractivity contribution in [3.8, 4) is 0 Å². The van der Waals surface area contributed by atoms with Gasteiger partial charge in [0.2, 0.25) is 10.0 Å². The van der Waals surface area contributed by atoms with Gasteiger partial charge in [0.15, 0.2) is 0 Å². The maximum absolute atomic E-state index is 13.8. The second-order valence-electron chi connectivity index (χ2n) is 8.39. The van der Waals surface area contributed by atoms with Crippen molar-refractivity contribution in [3.05, 3.63) is 89.2 Å². The molecule has 3 aromatic carbocycles. The van der Waals surface area contributed by atoms with Crippen LogP contribution in [0.5, 0.6) is 0 Å². The van der Waals surface area contributed by atoms with Gasteiger partial charge in [0.05, 0.1) is 28.9 Å². The van der Waals surface area contributed by atoms with Crippen LogP contribution in [0.2, 0.25) is 0 Å². The minimum absolute atomic E-state index is 0.00115. The lowest BCUT2D eigenvalue weighted by Gasteiger charge is -2.18. The Morgan fingerprint density at radius 3 is 2.33 bits per heavy atom. The van der Waals surface area contributed by atoms with Crippen molar-refractivity contribution >= 4 is 50.2 Å². The van der Waals surface area contributed by atoms with Gasteiger partial charge in [-0.2, -0.15) is 0 Å². The number of hydrogen-bond acceptors (Lipinski definition) is 5. The molecule has 3 N–H and O–H groups in total. The zero-order valence-corrected chi connectivity index (χ0v) is 20.4. The zero-order valence-electron chi connectivity index (χ0n) is 19.6. The molecule has 1 aliphatic rings. The van der Waals surface area contributed by atoms with Crippen LogP contribution in [0.15, 0.2) is 66.7 Å². The lowest BCUT2D eigenvalue weighted by Crippen LogP contribution is -2.24. The fraction of sp³-hybridized carbons (Fsp3) is 0.154. The van der Waals surface area contributed by atoms with E-state index in [1.165, 1.54) is 25.2 Å². The first-order valence-electron chi connectivity index (χ1n) is 11.0. The van der Waals surface area contributed by atoms with Crippen LogP contribution in [0.4, 0.5) is 21.5 Å². The molecule has 3 aromatic rings. The summed E-state index contributed by atoms with van der Waals surface area (Å²) in [5.41, 5.74) is 4.24. The largest absolute Gasteiger partial charge is 0.481 e. The van der Waals surface area contributed by atoms with Crippen molar-refractivity contribution in [2.45, 2.75) is 12.8 Å². The molecule has 0 bridgehead atoms. The Morgan fingerprint density at radius 2 is 1.72 bits per heavy atom. The summed E-state index contributed by atoms with van der Waals surface area (Å²) in [6, 6.07) is 17.9. The van der Waals surface area contributed by atoms with E-state index in [9.17, 15) is 22.4 Å². The minimum Gasteiger partial charge on any atom is -0.481 e. The third kappa shape index (κ3) is 5.38. The first-order valence-corrected chi connectivity index (χ1v) is 12.9. The summed E-state index contributed by atoms with van der Waals surface area (Å²) in [6.07, 6.45) is 1.48. The molecule has 0 fully saturated rings. The van der Waals surface area contributed by atoms with Gasteiger partial charge in [-0.25, -0.2) is 12.8 Å². The maximum Gasteiger partial charge on any atom is 0.303 e. The summed E-state index contributed by atoms with van der Waals surface area (Å²) >= 11 is 0. The van der Waals surface area contributed by atoms with E-state index in [0.717, 1.165) is 16.1 Å². The summed E-state index contributed by atoms with van der Waals surface area (Å²) in [5.74, 6) is -1.76. The number of amides is 1. The number of carbonyl (C=O) groups is 2. The number of aliphatic carboxylic acids is 1. The Bertz CT molecular complexity index is 1470. The second-order valence-corrected chi connectivity index (χ2v) is 10.4. The van der Waals surface area contributed by atoms with Gasteiger partial charge in [0.1, 0.15) is 5.82 Å². The summed E-state index contributed by atoms with van der Waals surface area (Å²) in [5, 5.41) is 14.9. The highest BCUT2D eigenvalue weighted by atomic mass is 32.2. The van der Waals surface area contributed by atoms with Crippen LogP contribution in [0.1, 0.15) is 23.1 Å². The predicted molar refractivity (Wildman–Crippen MR) is 138 cm³/mol. The van der Waals surface area contributed by atoms with Crippen molar-refractivity contribution in [1.29, 1.82) is 0 Å². The number of anilines is 3. The number of hydrogen-bond donors (Lipinski definition) is 3. The lowest BCUT2D eigenvalue weighted by atomic mass is 9.98. The van der Waals surface area contributed by atoms with Crippen LogP contribution in [0.3, 0.4) is 0 Å². The highest BCUT2D eigenvalue weighted by Gasteiger charge is 2.29. The molecule has 8 nitrogen and oxygen atoms in total. The Morgan fingerprint density at radius 1 is 1.06 bits per heavy atom. The number of carbonyl (C=O) groups excluding carboxylic acids is 1. The molecular formula is C26H24FN3O5S. The predicted octanol–water partition coefficient (Wildman–Crippen LogP) is 4.17. The molecule has 0 spiro atoms. The molecule has 0 aromatic heterocycles. The molecule has 186 valence electrons. The van der Waals surface area contributed by atoms with Gasteiger partial charge in [0.25, 0.3) is 5.91 Å². The van der Waals surface area contributed by atoms with Gasteiger partial charge < -0.3 is 15.7 Å². The average Bonchev–Trinajstić information content (AvgIpc) is 3.15. The molecule has 36 heavy (non-hydrogen) atoms. The first-order chi connectivity index (χ1) is 17.0. The van der Waals surface area contributed by atoms with Gasteiger partial charge >= 0.3 is 5.97 Å². The third-order valence-corrected chi connectivity index (χ3v) is 7.05. The molecule has 10 heteroatoms. The summed E-state index contributed by atoms with van der Waals surface area (Å²) in [4.78, 5) is 23.9. The SMILES string of the molecule is CN(c1ccc(N/C(=C2\C(=O)Nc3cc(F)ccc32)c2ccc(CCC(=O)O)cc2)cc1)S(C)(=O)=O. The van der Waals surface area contributed by atoms with Crippen molar-refractivity contribution < 1.29 is 27.5 Å².